The van der Waals surface area contributed by atoms with Crippen LogP contribution in [0.4, 0.5) is 4.39 Å². The van der Waals surface area contributed by atoms with Crippen molar-refractivity contribution in [1.29, 1.82) is 0 Å². The molecule has 1 saturated heterocycles. The first-order valence-corrected chi connectivity index (χ1v) is 9.34. The van der Waals surface area contributed by atoms with Gasteiger partial charge in [0, 0.05) is 30.1 Å². The lowest BCUT2D eigenvalue weighted by Gasteiger charge is -2.38. The molecule has 4 nitrogen and oxygen atoms in total. The largest absolute Gasteiger partial charge is 0.385 e. The maximum Gasteiger partial charge on any atom is 0.162 e. The Hall–Kier alpha value is -1.79. The fourth-order valence-corrected chi connectivity index (χ4v) is 3.56. The standard InChI is InChI=1S/C21H23ClFNO2.H3N/c22-18-7-5-17(6-8-18)21(26)11-14-24(15-12-21)13-1-2-20(25)16-3-9-19(23)10-4-16;/h3-10,26H,1-2,11-15H2;1H3. The number of halogens is 2. The minimum Gasteiger partial charge on any atom is -0.385 e. The van der Waals surface area contributed by atoms with E-state index < -0.39 is 5.60 Å². The summed E-state index contributed by atoms with van der Waals surface area (Å²) >= 11 is 5.92. The van der Waals surface area contributed by atoms with Crippen molar-refractivity contribution in [2.45, 2.75) is 31.3 Å². The number of hydrogen-bond donors (Lipinski definition) is 2. The molecule has 0 atom stereocenters. The van der Waals surface area contributed by atoms with E-state index >= 15 is 0 Å². The molecule has 2 aromatic rings. The highest BCUT2D eigenvalue weighted by Gasteiger charge is 2.33. The normalized spacial score (nSPS) is 16.6. The van der Waals surface area contributed by atoms with Crippen LogP contribution in [-0.2, 0) is 5.60 Å². The van der Waals surface area contributed by atoms with Crippen LogP contribution in [0.2, 0.25) is 5.02 Å². The van der Waals surface area contributed by atoms with Gasteiger partial charge in [0.2, 0.25) is 0 Å². The van der Waals surface area contributed by atoms with Crippen molar-refractivity contribution in [2.24, 2.45) is 0 Å². The van der Waals surface area contributed by atoms with Gasteiger partial charge in [-0.05, 0) is 67.8 Å². The van der Waals surface area contributed by atoms with Crippen LogP contribution in [0.3, 0.4) is 0 Å². The third-order valence-corrected chi connectivity index (χ3v) is 5.36. The van der Waals surface area contributed by atoms with Crippen molar-refractivity contribution in [3.05, 3.63) is 70.5 Å². The molecular weight excluding hydrogens is 367 g/mol. The Labute approximate surface area is 164 Å². The first-order valence-electron chi connectivity index (χ1n) is 8.96. The summed E-state index contributed by atoms with van der Waals surface area (Å²) in [6, 6.07) is 13.1. The van der Waals surface area contributed by atoms with E-state index in [0.717, 1.165) is 31.6 Å². The number of hydrogen-bond acceptors (Lipinski definition) is 4. The van der Waals surface area contributed by atoms with E-state index in [0.29, 0.717) is 29.8 Å². The van der Waals surface area contributed by atoms with Gasteiger partial charge in [-0.15, -0.1) is 0 Å². The predicted octanol–water partition coefficient (Wildman–Crippen LogP) is 4.59. The maximum atomic E-state index is 12.9. The van der Waals surface area contributed by atoms with Gasteiger partial charge in [0.05, 0.1) is 5.60 Å². The van der Waals surface area contributed by atoms with E-state index in [1.807, 2.05) is 24.3 Å². The molecule has 4 N–H and O–H groups in total. The zero-order valence-corrected chi connectivity index (χ0v) is 16.1. The summed E-state index contributed by atoms with van der Waals surface area (Å²) < 4.78 is 12.9. The molecule has 27 heavy (non-hydrogen) atoms. The van der Waals surface area contributed by atoms with Gasteiger partial charge in [-0.3, -0.25) is 4.79 Å². The van der Waals surface area contributed by atoms with Gasteiger partial charge in [-0.1, -0.05) is 23.7 Å². The average Bonchev–Trinajstić information content (AvgIpc) is 2.64. The Morgan fingerprint density at radius 2 is 1.67 bits per heavy atom. The van der Waals surface area contributed by atoms with Crippen molar-refractivity contribution in [1.82, 2.24) is 11.1 Å². The van der Waals surface area contributed by atoms with Crippen molar-refractivity contribution in [3.8, 4) is 0 Å². The lowest BCUT2D eigenvalue weighted by molar-refractivity contribution is -0.0260. The minimum absolute atomic E-state index is 0. The van der Waals surface area contributed by atoms with Gasteiger partial charge in [-0.25, -0.2) is 4.39 Å². The number of Topliss-reactive ketones (excluding diaryl/α,β-unsaturated/α-hetero) is 1. The van der Waals surface area contributed by atoms with E-state index in [-0.39, 0.29) is 17.8 Å². The fourth-order valence-electron chi connectivity index (χ4n) is 3.44. The highest BCUT2D eigenvalue weighted by molar-refractivity contribution is 6.30. The molecule has 1 aliphatic heterocycles. The predicted molar refractivity (Wildman–Crippen MR) is 106 cm³/mol. The van der Waals surface area contributed by atoms with Crippen LogP contribution in [0, 0.1) is 5.82 Å². The molecule has 1 heterocycles. The molecule has 3 rings (SSSR count). The van der Waals surface area contributed by atoms with E-state index in [1.54, 1.807) is 0 Å². The molecule has 0 spiro atoms. The van der Waals surface area contributed by atoms with Gasteiger partial charge in [-0.2, -0.15) is 0 Å². The molecule has 2 aromatic carbocycles. The number of likely N-dealkylation sites (tertiary alicyclic amines) is 1. The van der Waals surface area contributed by atoms with E-state index in [9.17, 15) is 14.3 Å². The summed E-state index contributed by atoms with van der Waals surface area (Å²) in [6.45, 7) is 2.41. The zero-order chi connectivity index (χ0) is 18.6. The summed E-state index contributed by atoms with van der Waals surface area (Å²) in [4.78, 5) is 14.4. The number of piperidine rings is 1. The minimum atomic E-state index is -0.801. The first kappa shape index (κ1) is 21.5. The molecule has 0 radical (unpaired) electrons. The Morgan fingerprint density at radius 3 is 2.26 bits per heavy atom. The van der Waals surface area contributed by atoms with Crippen LogP contribution in [0.15, 0.2) is 48.5 Å². The summed E-state index contributed by atoms with van der Waals surface area (Å²) in [6.07, 6.45) is 2.54. The van der Waals surface area contributed by atoms with Crippen LogP contribution in [0.5, 0.6) is 0 Å². The lowest BCUT2D eigenvalue weighted by Crippen LogP contribution is -2.42. The number of aliphatic hydroxyl groups is 1. The molecule has 0 saturated carbocycles. The molecular formula is C21H26ClFN2O2. The zero-order valence-electron chi connectivity index (χ0n) is 15.3. The Bertz CT molecular complexity index is 742. The third-order valence-electron chi connectivity index (χ3n) is 5.11. The third kappa shape index (κ3) is 5.59. The molecule has 146 valence electrons. The van der Waals surface area contributed by atoms with E-state index in [1.165, 1.54) is 24.3 Å². The smallest absolute Gasteiger partial charge is 0.162 e. The SMILES string of the molecule is N.O=C(CCCN1CCC(O)(c2ccc(Cl)cc2)CC1)c1ccc(F)cc1. The molecule has 0 bridgehead atoms. The number of carbonyl (C=O) groups excluding carboxylic acids is 1. The van der Waals surface area contributed by atoms with Crippen molar-refractivity contribution >= 4 is 17.4 Å². The quantitative estimate of drug-likeness (QED) is 0.705. The number of benzene rings is 2. The second kappa shape index (κ2) is 9.42. The summed E-state index contributed by atoms with van der Waals surface area (Å²) in [5, 5.41) is 11.5. The van der Waals surface area contributed by atoms with Crippen LogP contribution in [0.1, 0.15) is 41.6 Å². The molecule has 0 aliphatic carbocycles. The molecule has 0 unspecified atom stereocenters. The van der Waals surface area contributed by atoms with Crippen molar-refractivity contribution < 1.29 is 14.3 Å². The van der Waals surface area contributed by atoms with E-state index in [4.69, 9.17) is 11.6 Å². The van der Waals surface area contributed by atoms with Gasteiger partial charge in [0.1, 0.15) is 5.82 Å². The summed E-state index contributed by atoms with van der Waals surface area (Å²) in [7, 11) is 0. The molecule has 1 fully saturated rings. The first-order chi connectivity index (χ1) is 12.5. The Morgan fingerprint density at radius 1 is 1.07 bits per heavy atom. The second-order valence-electron chi connectivity index (χ2n) is 6.91. The Balaban J connectivity index is 0.00000261. The van der Waals surface area contributed by atoms with Crippen LogP contribution in [0.25, 0.3) is 0 Å². The molecule has 6 heteroatoms. The maximum absolute atomic E-state index is 12.9. The number of nitrogens with zero attached hydrogens (tertiary/aromatic N) is 1. The second-order valence-corrected chi connectivity index (χ2v) is 7.35. The number of carbonyl (C=O) groups is 1. The van der Waals surface area contributed by atoms with Crippen molar-refractivity contribution in [3.63, 3.8) is 0 Å². The molecule has 0 aromatic heterocycles. The van der Waals surface area contributed by atoms with E-state index in [2.05, 4.69) is 4.90 Å². The lowest BCUT2D eigenvalue weighted by atomic mass is 9.84. The number of rotatable bonds is 6. The van der Waals surface area contributed by atoms with Crippen molar-refractivity contribution in [2.75, 3.05) is 19.6 Å². The molecule has 1 aliphatic rings. The molecule has 0 amide bonds. The summed E-state index contributed by atoms with van der Waals surface area (Å²) in [5.41, 5.74) is 0.667. The summed E-state index contributed by atoms with van der Waals surface area (Å²) in [5.74, 6) is -0.289. The van der Waals surface area contributed by atoms with Gasteiger partial charge in [0.25, 0.3) is 0 Å². The van der Waals surface area contributed by atoms with Gasteiger partial charge in [0.15, 0.2) is 5.78 Å². The van der Waals surface area contributed by atoms with Gasteiger partial charge < -0.3 is 16.2 Å². The topological polar surface area (TPSA) is 75.5 Å². The number of ketones is 1. The van der Waals surface area contributed by atoms with Crippen LogP contribution < -0.4 is 6.15 Å². The van der Waals surface area contributed by atoms with Crippen LogP contribution >= 0.6 is 11.6 Å². The Kier molecular flexibility index (Phi) is 7.50. The monoisotopic (exact) mass is 392 g/mol. The van der Waals surface area contributed by atoms with Crippen LogP contribution in [-0.4, -0.2) is 35.4 Å². The van der Waals surface area contributed by atoms with Gasteiger partial charge >= 0.3 is 0 Å². The highest BCUT2D eigenvalue weighted by Crippen LogP contribution is 2.33. The fraction of sp³-hybridized carbons (Fsp3) is 0.381. The highest BCUT2D eigenvalue weighted by atomic mass is 35.5. The average molecular weight is 393 g/mol.